The summed E-state index contributed by atoms with van der Waals surface area (Å²) in [6.07, 6.45) is 6.18. The Morgan fingerprint density at radius 2 is 1.97 bits per heavy atom. The fraction of sp³-hybridized carbons (Fsp3) is 0.429. The molecule has 4 heterocycles. The van der Waals surface area contributed by atoms with Gasteiger partial charge in [0.05, 0.1) is 32.7 Å². The molecular weight excluding hydrogens is 420 g/mol. The van der Waals surface area contributed by atoms with Crippen LogP contribution in [-0.2, 0) is 13.0 Å². The number of halogens is 1. The second kappa shape index (κ2) is 9.07. The van der Waals surface area contributed by atoms with Gasteiger partial charge in [0.1, 0.15) is 10.5 Å². The third kappa shape index (κ3) is 4.42. The summed E-state index contributed by atoms with van der Waals surface area (Å²) in [7, 11) is 3.13. The Bertz CT molecular complexity index is 1160. The zero-order valence-electron chi connectivity index (χ0n) is 17.5. The lowest BCUT2D eigenvalue weighted by Crippen LogP contribution is -2.30. The fourth-order valence-electron chi connectivity index (χ4n) is 4.01. The molecule has 1 fully saturated rings. The molecule has 0 aliphatic carbocycles. The topological polar surface area (TPSA) is 117 Å². The lowest BCUT2D eigenvalue weighted by molar-refractivity contribution is 0.352. The van der Waals surface area contributed by atoms with Gasteiger partial charge < -0.3 is 25.1 Å². The van der Waals surface area contributed by atoms with Crippen LogP contribution < -0.4 is 26.0 Å². The van der Waals surface area contributed by atoms with Gasteiger partial charge in [0, 0.05) is 17.8 Å². The summed E-state index contributed by atoms with van der Waals surface area (Å²) in [4.78, 5) is 26.0. The Labute approximate surface area is 184 Å². The molecule has 0 unspecified atom stereocenters. The van der Waals surface area contributed by atoms with E-state index in [0.717, 1.165) is 25.9 Å². The van der Waals surface area contributed by atoms with Gasteiger partial charge in [-0.3, -0.25) is 9.78 Å². The zero-order chi connectivity index (χ0) is 22.0. The monoisotopic (exact) mass is 444 g/mol. The molecule has 3 aromatic rings. The summed E-state index contributed by atoms with van der Waals surface area (Å²) in [6, 6.07) is 1.79. The highest BCUT2D eigenvalue weighted by atomic mass is 35.5. The first-order chi connectivity index (χ1) is 15.0. The number of nitrogen functional groups attached to an aromatic ring is 1. The molecule has 1 aliphatic rings. The number of hydrogen-bond donors (Lipinski definition) is 2. The minimum Gasteiger partial charge on any atom is -0.493 e. The Kier molecular flexibility index (Phi) is 6.24. The van der Waals surface area contributed by atoms with E-state index in [0.29, 0.717) is 47.3 Å². The number of ether oxygens (including phenoxy) is 2. The number of rotatable bonds is 6. The number of nitrogens with two attached hydrogens (primary N) is 1. The lowest BCUT2D eigenvalue weighted by Gasteiger charge is -2.23. The largest absolute Gasteiger partial charge is 0.493 e. The Morgan fingerprint density at radius 1 is 1.23 bits per heavy atom. The van der Waals surface area contributed by atoms with E-state index in [2.05, 4.69) is 20.3 Å². The summed E-state index contributed by atoms with van der Waals surface area (Å²) < 4.78 is 12.5. The van der Waals surface area contributed by atoms with Gasteiger partial charge in [0.2, 0.25) is 5.95 Å². The van der Waals surface area contributed by atoms with Crippen LogP contribution >= 0.6 is 11.6 Å². The molecule has 1 aliphatic heterocycles. The van der Waals surface area contributed by atoms with Gasteiger partial charge in [0.25, 0.3) is 0 Å². The van der Waals surface area contributed by atoms with Crippen LogP contribution in [0.4, 0.5) is 5.95 Å². The van der Waals surface area contributed by atoms with Crippen molar-refractivity contribution in [2.45, 2.75) is 25.8 Å². The van der Waals surface area contributed by atoms with E-state index in [4.69, 9.17) is 26.8 Å². The molecule has 0 spiro atoms. The van der Waals surface area contributed by atoms with Gasteiger partial charge in [0.15, 0.2) is 22.6 Å². The number of hydrogen-bond acceptors (Lipinski definition) is 8. The molecule has 0 radical (unpaired) electrons. The molecule has 0 aromatic carbocycles. The summed E-state index contributed by atoms with van der Waals surface area (Å²) in [6.45, 7) is 2.27. The van der Waals surface area contributed by atoms with E-state index in [1.807, 2.05) is 10.8 Å². The molecule has 0 amide bonds. The number of piperidine rings is 1. The van der Waals surface area contributed by atoms with Crippen LogP contribution in [0.15, 0.2) is 23.3 Å². The third-order valence-corrected chi connectivity index (χ3v) is 5.87. The first-order valence-electron chi connectivity index (χ1n) is 10.1. The van der Waals surface area contributed by atoms with Crippen molar-refractivity contribution in [3.63, 3.8) is 0 Å². The fourth-order valence-corrected chi connectivity index (χ4v) is 4.27. The predicted molar refractivity (Wildman–Crippen MR) is 119 cm³/mol. The average molecular weight is 445 g/mol. The number of aromatic nitrogens is 4. The van der Waals surface area contributed by atoms with Crippen molar-refractivity contribution in [2.75, 3.05) is 33.0 Å². The van der Waals surface area contributed by atoms with Gasteiger partial charge in [-0.1, -0.05) is 11.6 Å². The quantitative estimate of drug-likeness (QED) is 0.554. The van der Waals surface area contributed by atoms with Crippen LogP contribution in [0.2, 0.25) is 5.15 Å². The molecule has 10 heteroatoms. The van der Waals surface area contributed by atoms with E-state index in [1.165, 1.54) is 0 Å². The smallest absolute Gasteiger partial charge is 0.223 e. The standard InChI is InChI=1S/C21H25ClN6O3/c1-30-15-8-14(25-9-16(15)31-2)11-28-10-13(7-12-3-5-24-6-4-12)18(29)17-19(22)26-21(23)27-20(17)28/h8-10,12,24H,3-7,11H2,1-2H3,(H2,23,26,27). The number of pyridine rings is 2. The van der Waals surface area contributed by atoms with Crippen LogP contribution in [0.3, 0.4) is 0 Å². The first kappa shape index (κ1) is 21.3. The Balaban J connectivity index is 1.81. The van der Waals surface area contributed by atoms with E-state index in [1.54, 1.807) is 26.5 Å². The maximum absolute atomic E-state index is 13.2. The highest BCUT2D eigenvalue weighted by Gasteiger charge is 2.20. The Hall–Kier alpha value is -2.91. The molecule has 0 atom stereocenters. The average Bonchev–Trinajstić information content (AvgIpc) is 2.77. The molecule has 164 valence electrons. The van der Waals surface area contributed by atoms with Crippen molar-refractivity contribution in [1.29, 1.82) is 0 Å². The van der Waals surface area contributed by atoms with E-state index < -0.39 is 0 Å². The third-order valence-electron chi connectivity index (χ3n) is 5.59. The maximum Gasteiger partial charge on any atom is 0.223 e. The van der Waals surface area contributed by atoms with Crippen molar-refractivity contribution in [3.8, 4) is 11.5 Å². The van der Waals surface area contributed by atoms with Crippen LogP contribution in [0, 0.1) is 5.92 Å². The number of fused-ring (bicyclic) bond motifs is 1. The second-order valence-electron chi connectivity index (χ2n) is 7.61. The number of nitrogens with one attached hydrogen (secondary N) is 1. The lowest BCUT2D eigenvalue weighted by atomic mass is 9.91. The van der Waals surface area contributed by atoms with Crippen molar-refractivity contribution in [1.82, 2.24) is 24.8 Å². The number of nitrogens with zero attached hydrogens (tertiary/aromatic N) is 4. The van der Waals surface area contributed by atoms with Crippen LogP contribution in [0.25, 0.3) is 11.0 Å². The summed E-state index contributed by atoms with van der Waals surface area (Å²) in [5.74, 6) is 1.56. The summed E-state index contributed by atoms with van der Waals surface area (Å²) in [5.41, 5.74) is 7.47. The molecule has 0 bridgehead atoms. The first-order valence-corrected chi connectivity index (χ1v) is 10.5. The molecule has 31 heavy (non-hydrogen) atoms. The van der Waals surface area contributed by atoms with E-state index in [9.17, 15) is 4.79 Å². The van der Waals surface area contributed by atoms with Gasteiger partial charge in [-0.2, -0.15) is 4.98 Å². The SMILES string of the molecule is COc1cnc(Cn2cc(CC3CCNCC3)c(=O)c3c(Cl)nc(N)nc32)cc1OC. The van der Waals surface area contributed by atoms with Crippen molar-refractivity contribution in [3.05, 3.63) is 45.1 Å². The summed E-state index contributed by atoms with van der Waals surface area (Å²) >= 11 is 6.34. The van der Waals surface area contributed by atoms with Gasteiger partial charge in [-0.05, 0) is 38.3 Å². The van der Waals surface area contributed by atoms with Crippen LogP contribution in [0.5, 0.6) is 11.5 Å². The minimum atomic E-state index is -0.143. The molecular formula is C21H25ClN6O3. The van der Waals surface area contributed by atoms with E-state index >= 15 is 0 Å². The van der Waals surface area contributed by atoms with Crippen molar-refractivity contribution in [2.24, 2.45) is 5.92 Å². The van der Waals surface area contributed by atoms with Crippen molar-refractivity contribution < 1.29 is 9.47 Å². The normalized spacial score (nSPS) is 14.7. The zero-order valence-corrected chi connectivity index (χ0v) is 18.3. The van der Waals surface area contributed by atoms with Crippen molar-refractivity contribution >= 4 is 28.6 Å². The summed E-state index contributed by atoms with van der Waals surface area (Å²) in [5, 5.41) is 3.70. The molecule has 1 saturated heterocycles. The highest BCUT2D eigenvalue weighted by molar-refractivity contribution is 6.34. The predicted octanol–water partition coefficient (Wildman–Crippen LogP) is 2.03. The minimum absolute atomic E-state index is 0.0111. The molecule has 4 rings (SSSR count). The maximum atomic E-state index is 13.2. The molecule has 3 aromatic heterocycles. The van der Waals surface area contributed by atoms with E-state index in [-0.39, 0.29) is 21.9 Å². The highest BCUT2D eigenvalue weighted by Crippen LogP contribution is 2.27. The molecule has 3 N–H and O–H groups in total. The Morgan fingerprint density at radius 3 is 2.68 bits per heavy atom. The molecule has 0 saturated carbocycles. The van der Waals surface area contributed by atoms with Crippen LogP contribution in [0.1, 0.15) is 24.1 Å². The van der Waals surface area contributed by atoms with Gasteiger partial charge in [-0.15, -0.1) is 0 Å². The van der Waals surface area contributed by atoms with Gasteiger partial charge in [-0.25, -0.2) is 4.98 Å². The number of anilines is 1. The van der Waals surface area contributed by atoms with Crippen LogP contribution in [-0.4, -0.2) is 46.8 Å². The number of methoxy groups -OCH3 is 2. The molecule has 9 nitrogen and oxygen atoms in total. The second-order valence-corrected chi connectivity index (χ2v) is 7.97. The van der Waals surface area contributed by atoms with Gasteiger partial charge >= 0.3 is 0 Å².